The van der Waals surface area contributed by atoms with E-state index in [1.54, 1.807) is 0 Å². The van der Waals surface area contributed by atoms with Crippen LogP contribution in [0.15, 0.2) is 32.9 Å². The first-order valence-corrected chi connectivity index (χ1v) is 7.79. The van der Waals surface area contributed by atoms with E-state index in [4.69, 9.17) is 11.6 Å². The van der Waals surface area contributed by atoms with Crippen molar-refractivity contribution >= 4 is 23.0 Å². The third kappa shape index (κ3) is 4.60. The maximum Gasteiger partial charge on any atom is 0.431 e. The molecule has 0 bridgehead atoms. The van der Waals surface area contributed by atoms with Crippen molar-refractivity contribution in [2.24, 2.45) is 12.1 Å². The van der Waals surface area contributed by atoms with Gasteiger partial charge in [-0.2, -0.15) is 31.4 Å². The van der Waals surface area contributed by atoms with Gasteiger partial charge < -0.3 is 0 Å². The topological polar surface area (TPSA) is 68.4 Å². The van der Waals surface area contributed by atoms with E-state index in [-0.39, 0.29) is 15.2 Å². The molecule has 0 aliphatic rings. The van der Waals surface area contributed by atoms with Gasteiger partial charge >= 0.3 is 18.0 Å². The first-order valence-electron chi connectivity index (χ1n) is 7.41. The van der Waals surface area contributed by atoms with Crippen LogP contribution in [0.1, 0.15) is 12.6 Å². The summed E-state index contributed by atoms with van der Waals surface area (Å²) in [6, 6.07) is 1.30. The lowest BCUT2D eigenvalue weighted by atomic mass is 10.2. The Balaban J connectivity index is 2.67. The van der Waals surface area contributed by atoms with Crippen molar-refractivity contribution in [2.45, 2.75) is 19.3 Å². The molecule has 2 rings (SSSR count). The van der Waals surface area contributed by atoms with Gasteiger partial charge in [0.05, 0.1) is 16.4 Å². The van der Waals surface area contributed by atoms with Crippen LogP contribution >= 0.6 is 11.6 Å². The molecule has 0 spiro atoms. The van der Waals surface area contributed by atoms with Crippen LogP contribution in [-0.4, -0.2) is 21.0 Å². The number of aromatic nitrogens is 2. The van der Waals surface area contributed by atoms with Crippen molar-refractivity contribution in [1.29, 1.82) is 0 Å². The number of hydrogen-bond donors (Lipinski definition) is 1. The van der Waals surface area contributed by atoms with Gasteiger partial charge in [0.2, 0.25) is 0 Å². The zero-order chi connectivity index (χ0) is 22.3. The fraction of sp³-hybridized carbons (Fsp3) is 0.267. The highest BCUT2D eigenvalue weighted by atomic mass is 35.5. The largest absolute Gasteiger partial charge is 0.431 e. The number of benzene rings is 1. The molecule has 0 atom stereocenters. The predicted octanol–water partition coefficient (Wildman–Crippen LogP) is 3.70. The molecule has 6 nitrogen and oxygen atoms in total. The van der Waals surface area contributed by atoms with E-state index in [0.29, 0.717) is 26.1 Å². The molecule has 2 aromatic rings. The minimum atomic E-state index is -5.03. The van der Waals surface area contributed by atoms with Crippen LogP contribution in [0.3, 0.4) is 0 Å². The molecule has 1 N–H and O–H groups in total. The maximum absolute atomic E-state index is 14.3. The standard InChI is InChI=1S/C15H10ClF7N4O2/c1-6(14(18,19)20)24-25-9-4-10(8(17)3-7(9)16)27-12(28)5-11(15(21,22)23)26(2)13(27)29/h3-5,25H,1-2H3. The predicted molar refractivity (Wildman–Crippen MR) is 90.0 cm³/mol. The van der Waals surface area contributed by atoms with Gasteiger partial charge in [0.15, 0.2) is 0 Å². The zero-order valence-corrected chi connectivity index (χ0v) is 15.2. The van der Waals surface area contributed by atoms with Gasteiger partial charge in [0.25, 0.3) is 5.56 Å². The highest BCUT2D eigenvalue weighted by molar-refractivity contribution is 6.33. The Morgan fingerprint density at radius 3 is 2.21 bits per heavy atom. The molecule has 0 aliphatic heterocycles. The lowest BCUT2D eigenvalue weighted by Crippen LogP contribution is -2.41. The summed E-state index contributed by atoms with van der Waals surface area (Å²) in [5, 5.41) is 2.56. The second kappa shape index (κ2) is 7.54. The Bertz CT molecular complexity index is 1100. The second-order valence-corrected chi connectivity index (χ2v) is 6.04. The molecule has 29 heavy (non-hydrogen) atoms. The quantitative estimate of drug-likeness (QED) is 0.444. The molecule has 0 radical (unpaired) electrons. The third-order valence-corrected chi connectivity index (χ3v) is 3.96. The molecule has 0 amide bonds. The van der Waals surface area contributed by atoms with Crippen LogP contribution in [0.2, 0.25) is 5.02 Å². The fourth-order valence-corrected chi connectivity index (χ4v) is 2.31. The van der Waals surface area contributed by atoms with E-state index in [1.165, 1.54) is 0 Å². The van der Waals surface area contributed by atoms with Gasteiger partial charge in [0.1, 0.15) is 17.2 Å². The molecule has 1 aromatic carbocycles. The Morgan fingerprint density at radius 2 is 1.69 bits per heavy atom. The number of alkyl halides is 6. The monoisotopic (exact) mass is 446 g/mol. The SMILES string of the molecule is CC(=NNc1cc(-n2c(=O)cc(C(F)(F)F)n(C)c2=O)c(F)cc1Cl)C(F)(F)F. The number of hydrogen-bond acceptors (Lipinski definition) is 4. The normalized spacial score (nSPS) is 13.0. The molecular weight excluding hydrogens is 437 g/mol. The van der Waals surface area contributed by atoms with Crippen LogP contribution in [0, 0.1) is 5.82 Å². The molecule has 0 aliphatic carbocycles. The van der Waals surface area contributed by atoms with Gasteiger partial charge in [-0.1, -0.05) is 11.6 Å². The molecule has 1 aromatic heterocycles. The Labute approximate surface area is 161 Å². The van der Waals surface area contributed by atoms with Crippen molar-refractivity contribution in [3.05, 3.63) is 55.6 Å². The van der Waals surface area contributed by atoms with E-state index in [2.05, 4.69) is 5.10 Å². The van der Waals surface area contributed by atoms with Crippen molar-refractivity contribution in [2.75, 3.05) is 5.43 Å². The first-order chi connectivity index (χ1) is 13.1. The van der Waals surface area contributed by atoms with Gasteiger partial charge in [-0.3, -0.25) is 14.8 Å². The molecule has 0 saturated heterocycles. The van der Waals surface area contributed by atoms with Gasteiger partial charge in [-0.15, -0.1) is 0 Å². The van der Waals surface area contributed by atoms with Crippen LogP contribution in [-0.2, 0) is 13.2 Å². The number of hydrazone groups is 1. The van der Waals surface area contributed by atoms with E-state index in [1.807, 2.05) is 5.43 Å². The molecule has 0 unspecified atom stereocenters. The summed E-state index contributed by atoms with van der Waals surface area (Å²) in [5.74, 6) is -1.28. The Morgan fingerprint density at radius 1 is 1.10 bits per heavy atom. The Hall–Kier alpha value is -2.83. The summed E-state index contributed by atoms with van der Waals surface area (Å²) >= 11 is 5.71. The van der Waals surface area contributed by atoms with Crippen molar-refractivity contribution < 1.29 is 30.7 Å². The van der Waals surface area contributed by atoms with Crippen LogP contribution in [0.5, 0.6) is 0 Å². The first kappa shape index (κ1) is 22.5. The lowest BCUT2D eigenvalue weighted by Gasteiger charge is -2.15. The highest BCUT2D eigenvalue weighted by Crippen LogP contribution is 2.29. The molecule has 1 heterocycles. The fourth-order valence-electron chi connectivity index (χ4n) is 2.12. The van der Waals surface area contributed by atoms with E-state index in [0.717, 1.165) is 0 Å². The third-order valence-electron chi connectivity index (χ3n) is 3.64. The minimum absolute atomic E-state index is 0.0758. The molecular formula is C15H10ClF7N4O2. The summed E-state index contributed by atoms with van der Waals surface area (Å²) in [6.07, 6.45) is -9.80. The van der Waals surface area contributed by atoms with Crippen LogP contribution < -0.4 is 16.7 Å². The maximum atomic E-state index is 14.3. The van der Waals surface area contributed by atoms with Gasteiger partial charge in [-0.05, 0) is 19.1 Å². The van der Waals surface area contributed by atoms with Crippen molar-refractivity contribution in [3.63, 3.8) is 0 Å². The van der Waals surface area contributed by atoms with E-state index < -0.39 is 57.2 Å². The average Bonchev–Trinajstić information content (AvgIpc) is 2.56. The zero-order valence-electron chi connectivity index (χ0n) is 14.4. The van der Waals surface area contributed by atoms with Crippen LogP contribution in [0.4, 0.5) is 36.4 Å². The van der Waals surface area contributed by atoms with E-state index >= 15 is 0 Å². The summed E-state index contributed by atoms with van der Waals surface area (Å²) < 4.78 is 90.6. The summed E-state index contributed by atoms with van der Waals surface area (Å²) in [6.45, 7) is 0.626. The van der Waals surface area contributed by atoms with Crippen LogP contribution in [0.25, 0.3) is 5.69 Å². The number of nitrogens with one attached hydrogen (secondary N) is 1. The molecule has 14 heteroatoms. The van der Waals surface area contributed by atoms with Gasteiger partial charge in [-0.25, -0.2) is 13.8 Å². The average molecular weight is 447 g/mol. The molecule has 0 saturated carbocycles. The molecule has 158 valence electrons. The summed E-state index contributed by atoms with van der Waals surface area (Å²) in [7, 11) is 0.713. The summed E-state index contributed by atoms with van der Waals surface area (Å²) in [4.78, 5) is 24.3. The van der Waals surface area contributed by atoms with Crippen molar-refractivity contribution in [3.8, 4) is 5.69 Å². The number of rotatable bonds is 3. The van der Waals surface area contributed by atoms with Gasteiger partial charge in [0, 0.05) is 13.1 Å². The highest BCUT2D eigenvalue weighted by Gasteiger charge is 2.35. The lowest BCUT2D eigenvalue weighted by molar-refractivity contribution is -0.144. The minimum Gasteiger partial charge on any atom is -0.292 e. The smallest absolute Gasteiger partial charge is 0.292 e. The molecule has 0 fully saturated rings. The second-order valence-electron chi connectivity index (χ2n) is 5.63. The van der Waals surface area contributed by atoms with Crippen molar-refractivity contribution in [1.82, 2.24) is 9.13 Å². The number of nitrogens with zero attached hydrogens (tertiary/aromatic N) is 3. The Kier molecular flexibility index (Phi) is 5.84. The van der Waals surface area contributed by atoms with E-state index in [9.17, 15) is 40.3 Å². The summed E-state index contributed by atoms with van der Waals surface area (Å²) in [5.41, 5.74) is -5.29. The number of anilines is 1. The number of halogens is 8.